The molecule has 2 aromatic heterocycles. The van der Waals surface area contributed by atoms with E-state index in [1.54, 1.807) is 4.40 Å². The van der Waals surface area contributed by atoms with Crippen LogP contribution in [0.25, 0.3) is 5.65 Å². The minimum Gasteiger partial charge on any atom is -0.369 e. The number of nitrogens with zero attached hydrogens (tertiary/aromatic N) is 5. The van der Waals surface area contributed by atoms with Crippen molar-refractivity contribution >= 4 is 29.3 Å². The maximum Gasteiger partial charge on any atom is 0.233 e. The van der Waals surface area contributed by atoms with E-state index in [2.05, 4.69) is 34.2 Å². The van der Waals surface area contributed by atoms with Crippen LogP contribution in [0.4, 0.5) is 5.95 Å². The lowest BCUT2D eigenvalue weighted by Crippen LogP contribution is -2.42. The summed E-state index contributed by atoms with van der Waals surface area (Å²) < 4.78 is 1.77. The van der Waals surface area contributed by atoms with Crippen LogP contribution in [0.2, 0.25) is 0 Å². The third-order valence-electron chi connectivity index (χ3n) is 5.52. The molecule has 2 N–H and O–H groups in total. The molecule has 1 saturated heterocycles. The Hall–Kier alpha value is -2.61. The lowest BCUT2D eigenvalue weighted by Gasteiger charge is -2.33. The molecule has 1 aliphatic rings. The van der Waals surface area contributed by atoms with Crippen molar-refractivity contribution in [3.63, 3.8) is 0 Å². The highest BCUT2D eigenvalue weighted by atomic mass is 32.2. The van der Waals surface area contributed by atoms with E-state index >= 15 is 0 Å². The van der Waals surface area contributed by atoms with Crippen LogP contribution in [0.15, 0.2) is 35.5 Å². The summed E-state index contributed by atoms with van der Waals surface area (Å²) in [6.07, 6.45) is 4.05. The van der Waals surface area contributed by atoms with E-state index in [4.69, 9.17) is 5.73 Å². The van der Waals surface area contributed by atoms with Crippen molar-refractivity contribution in [3.8, 4) is 0 Å². The van der Waals surface area contributed by atoms with Gasteiger partial charge < -0.3 is 10.6 Å². The number of fused-ring (bicyclic) bond motifs is 1. The van der Waals surface area contributed by atoms with Crippen molar-refractivity contribution in [2.24, 2.45) is 0 Å². The molecule has 4 rings (SSSR count). The zero-order chi connectivity index (χ0) is 20.4. The number of aryl methyl sites for hydroxylation is 1. The monoisotopic (exact) mass is 410 g/mol. The van der Waals surface area contributed by atoms with Crippen LogP contribution in [0.3, 0.4) is 0 Å². The normalized spacial score (nSPS) is 17.0. The van der Waals surface area contributed by atoms with Crippen LogP contribution in [0.1, 0.15) is 43.0 Å². The second-order valence-electron chi connectivity index (χ2n) is 7.56. The zero-order valence-electron chi connectivity index (χ0n) is 16.8. The average Bonchev–Trinajstić information content (AvgIpc) is 3.15. The second-order valence-corrected chi connectivity index (χ2v) is 8.50. The summed E-state index contributed by atoms with van der Waals surface area (Å²) in [7, 11) is 0. The van der Waals surface area contributed by atoms with Gasteiger partial charge in [-0.25, -0.2) is 9.38 Å². The van der Waals surface area contributed by atoms with Gasteiger partial charge in [0.05, 0.1) is 5.75 Å². The van der Waals surface area contributed by atoms with E-state index in [0.29, 0.717) is 35.0 Å². The molecule has 0 unspecified atom stereocenters. The van der Waals surface area contributed by atoms with Gasteiger partial charge in [0.2, 0.25) is 11.9 Å². The molecule has 3 aromatic rings. The van der Waals surface area contributed by atoms with Crippen molar-refractivity contribution in [2.45, 2.75) is 50.7 Å². The summed E-state index contributed by atoms with van der Waals surface area (Å²) in [5.41, 5.74) is 9.93. The number of carbonyl (C=O) groups is 1. The predicted molar refractivity (Wildman–Crippen MR) is 115 cm³/mol. The smallest absolute Gasteiger partial charge is 0.233 e. The summed E-state index contributed by atoms with van der Waals surface area (Å²) >= 11 is 1.37. The Morgan fingerprint density at radius 1 is 1.24 bits per heavy atom. The van der Waals surface area contributed by atoms with E-state index < -0.39 is 0 Å². The maximum atomic E-state index is 12.7. The SMILES string of the molecule is Cc1nc(N)n2c(SCC(=O)N3CCCC[C@H]3C)nnc2c1Cc1ccccc1. The number of carbonyl (C=O) groups excluding carboxylic acids is 1. The summed E-state index contributed by atoms with van der Waals surface area (Å²) in [6.45, 7) is 4.90. The van der Waals surface area contributed by atoms with Gasteiger partial charge in [0, 0.05) is 30.3 Å². The lowest BCUT2D eigenvalue weighted by atomic mass is 10.0. The number of rotatable bonds is 5. The van der Waals surface area contributed by atoms with Crippen LogP contribution < -0.4 is 5.73 Å². The molecule has 1 fully saturated rings. The number of hydrogen-bond donors (Lipinski definition) is 1. The van der Waals surface area contributed by atoms with E-state index in [-0.39, 0.29) is 5.91 Å². The number of nitrogen functional groups attached to an aromatic ring is 1. The van der Waals surface area contributed by atoms with Gasteiger partial charge in [-0.15, -0.1) is 10.2 Å². The Morgan fingerprint density at radius 2 is 2.03 bits per heavy atom. The van der Waals surface area contributed by atoms with Gasteiger partial charge in [-0.1, -0.05) is 42.1 Å². The Kier molecular flexibility index (Phi) is 5.71. The Balaban J connectivity index is 1.58. The van der Waals surface area contributed by atoms with Crippen molar-refractivity contribution < 1.29 is 4.79 Å². The largest absolute Gasteiger partial charge is 0.369 e. The fourth-order valence-electron chi connectivity index (χ4n) is 3.90. The molecule has 1 atom stereocenters. The number of benzene rings is 1. The number of nitrogens with two attached hydrogens (primary N) is 1. The molecule has 152 valence electrons. The number of aromatic nitrogens is 4. The number of amides is 1. The van der Waals surface area contributed by atoms with E-state index in [1.165, 1.54) is 23.7 Å². The predicted octanol–water partition coefficient (Wildman–Crippen LogP) is 3.10. The maximum absolute atomic E-state index is 12.7. The number of likely N-dealkylation sites (tertiary alicyclic amines) is 1. The Labute approximate surface area is 174 Å². The molecule has 29 heavy (non-hydrogen) atoms. The first kappa shape index (κ1) is 19.7. The van der Waals surface area contributed by atoms with Gasteiger partial charge in [0.15, 0.2) is 10.8 Å². The first-order valence-corrected chi connectivity index (χ1v) is 11.0. The molecule has 1 aromatic carbocycles. The molecule has 1 aliphatic heterocycles. The van der Waals surface area contributed by atoms with Crippen LogP contribution in [0.5, 0.6) is 0 Å². The van der Waals surface area contributed by atoms with E-state index in [1.807, 2.05) is 30.0 Å². The van der Waals surface area contributed by atoms with Gasteiger partial charge in [-0.2, -0.15) is 0 Å². The standard InChI is InChI=1S/C21H26N6OS/c1-14-8-6-7-11-26(14)18(28)13-29-21-25-24-19-17(12-16-9-4-3-5-10-16)15(2)23-20(22)27(19)21/h3-5,9-10,14H,6-8,11-13H2,1-2H3,(H2,22,23)/t14-/m1/s1. The molecule has 3 heterocycles. The number of hydrogen-bond acceptors (Lipinski definition) is 6. The van der Waals surface area contributed by atoms with E-state index in [9.17, 15) is 4.79 Å². The fourth-order valence-corrected chi connectivity index (χ4v) is 4.73. The molecular weight excluding hydrogens is 384 g/mol. The van der Waals surface area contributed by atoms with Crippen LogP contribution in [0, 0.1) is 6.92 Å². The molecule has 8 heteroatoms. The number of thioether (sulfide) groups is 1. The highest BCUT2D eigenvalue weighted by Crippen LogP contribution is 2.26. The summed E-state index contributed by atoms with van der Waals surface area (Å²) in [5, 5.41) is 9.32. The summed E-state index contributed by atoms with van der Waals surface area (Å²) in [4.78, 5) is 19.2. The third kappa shape index (κ3) is 4.07. The number of piperidine rings is 1. The molecule has 0 bridgehead atoms. The Morgan fingerprint density at radius 3 is 2.79 bits per heavy atom. The second kappa shape index (κ2) is 8.41. The van der Waals surface area contributed by atoms with Gasteiger partial charge in [0.1, 0.15) is 0 Å². The van der Waals surface area contributed by atoms with Gasteiger partial charge in [-0.3, -0.25) is 4.79 Å². The molecule has 0 spiro atoms. The van der Waals surface area contributed by atoms with Crippen molar-refractivity contribution in [2.75, 3.05) is 18.0 Å². The quantitative estimate of drug-likeness (QED) is 0.650. The summed E-state index contributed by atoms with van der Waals surface area (Å²) in [5.74, 6) is 0.814. The first-order chi connectivity index (χ1) is 14.0. The Bertz CT molecular complexity index is 1020. The highest BCUT2D eigenvalue weighted by molar-refractivity contribution is 7.99. The van der Waals surface area contributed by atoms with Crippen LogP contribution >= 0.6 is 11.8 Å². The molecule has 1 amide bonds. The third-order valence-corrected chi connectivity index (χ3v) is 6.44. The minimum atomic E-state index is 0.141. The molecular formula is C21H26N6OS. The molecule has 0 aliphatic carbocycles. The van der Waals surface area contributed by atoms with Gasteiger partial charge in [0.25, 0.3) is 0 Å². The first-order valence-electron chi connectivity index (χ1n) is 10.0. The van der Waals surface area contributed by atoms with Gasteiger partial charge in [-0.05, 0) is 38.7 Å². The van der Waals surface area contributed by atoms with Crippen molar-refractivity contribution in [3.05, 3.63) is 47.2 Å². The van der Waals surface area contributed by atoms with Crippen LogP contribution in [-0.4, -0.2) is 48.7 Å². The van der Waals surface area contributed by atoms with Crippen molar-refractivity contribution in [1.29, 1.82) is 0 Å². The van der Waals surface area contributed by atoms with Gasteiger partial charge >= 0.3 is 0 Å². The summed E-state index contributed by atoms with van der Waals surface area (Å²) in [6, 6.07) is 10.5. The zero-order valence-corrected chi connectivity index (χ0v) is 17.7. The molecule has 0 saturated carbocycles. The fraction of sp³-hybridized carbons (Fsp3) is 0.429. The molecule has 0 radical (unpaired) electrons. The molecule has 7 nitrogen and oxygen atoms in total. The minimum absolute atomic E-state index is 0.141. The lowest BCUT2D eigenvalue weighted by molar-refractivity contribution is -0.131. The van der Waals surface area contributed by atoms with Crippen LogP contribution in [-0.2, 0) is 11.2 Å². The highest BCUT2D eigenvalue weighted by Gasteiger charge is 2.24. The topological polar surface area (TPSA) is 89.4 Å². The van der Waals surface area contributed by atoms with Crippen molar-refractivity contribution in [1.82, 2.24) is 24.5 Å². The van der Waals surface area contributed by atoms with E-state index in [0.717, 1.165) is 30.6 Å². The average molecular weight is 411 g/mol. The number of anilines is 1.